The number of rotatable bonds is 6. The topological polar surface area (TPSA) is 29.1 Å². The Balaban J connectivity index is 0.00000312. The molecular formula is C18H16ClF3NOW-. The van der Waals surface area contributed by atoms with E-state index in [2.05, 4.69) is 12.2 Å². The van der Waals surface area contributed by atoms with E-state index < -0.39 is 24.0 Å². The van der Waals surface area contributed by atoms with Crippen LogP contribution < -0.4 is 5.32 Å². The van der Waals surface area contributed by atoms with E-state index in [9.17, 15) is 18.0 Å². The number of alkyl halides is 3. The molecule has 0 fully saturated rings. The minimum atomic E-state index is -4.55. The molecule has 0 saturated carbocycles. The zero-order chi connectivity index (χ0) is 17.7. The maximum absolute atomic E-state index is 13.4. The van der Waals surface area contributed by atoms with Gasteiger partial charge in [0, 0.05) is 37.9 Å². The smallest absolute Gasteiger partial charge is 0.338 e. The van der Waals surface area contributed by atoms with Gasteiger partial charge < -0.3 is 11.7 Å². The summed E-state index contributed by atoms with van der Waals surface area (Å²) in [6, 6.07) is 11.1. The molecule has 0 saturated heterocycles. The summed E-state index contributed by atoms with van der Waals surface area (Å²) in [5.74, 6) is -0.625. The normalized spacial score (nSPS) is 13.6. The fraction of sp³-hybridized carbons (Fsp3) is 0.222. The van der Waals surface area contributed by atoms with E-state index in [0.29, 0.717) is 10.6 Å². The van der Waals surface area contributed by atoms with Crippen LogP contribution in [0.25, 0.3) is 0 Å². The van der Waals surface area contributed by atoms with Crippen molar-refractivity contribution < 1.29 is 39.0 Å². The maximum Gasteiger partial charge on any atom is 0.407 e. The average Bonchev–Trinajstić information content (AvgIpc) is 2.52. The van der Waals surface area contributed by atoms with Gasteiger partial charge in [-0.15, -0.1) is 0 Å². The van der Waals surface area contributed by atoms with Gasteiger partial charge in [0.15, 0.2) is 0 Å². The van der Waals surface area contributed by atoms with Crippen LogP contribution in [-0.2, 0) is 32.3 Å². The first kappa shape index (κ1) is 21.8. The molecule has 0 amide bonds. The van der Waals surface area contributed by atoms with Crippen LogP contribution in [0, 0.1) is 6.92 Å². The van der Waals surface area contributed by atoms with Gasteiger partial charge in [-0.05, 0) is 23.6 Å². The SMILES string of the molecule is [CH2-]C(=O)[C@H](Cc1ccccc1Cl)NC(c1ccccc1)C(F)(F)F.[W]. The third-order valence-corrected chi connectivity index (χ3v) is 3.97. The minimum Gasteiger partial charge on any atom is -0.338 e. The largest absolute Gasteiger partial charge is 0.407 e. The molecule has 7 heteroatoms. The summed E-state index contributed by atoms with van der Waals surface area (Å²) in [6.07, 6.45) is -4.52. The number of halogens is 4. The van der Waals surface area contributed by atoms with Gasteiger partial charge in [-0.2, -0.15) is 13.2 Å². The van der Waals surface area contributed by atoms with Crippen molar-refractivity contribution in [2.45, 2.75) is 24.7 Å². The minimum absolute atomic E-state index is 0. The molecular weight excluding hydrogens is 522 g/mol. The maximum atomic E-state index is 13.4. The van der Waals surface area contributed by atoms with Crippen molar-refractivity contribution in [1.29, 1.82) is 0 Å². The van der Waals surface area contributed by atoms with Crippen molar-refractivity contribution in [3.63, 3.8) is 0 Å². The monoisotopic (exact) mass is 538 g/mol. The van der Waals surface area contributed by atoms with Gasteiger partial charge in [0.2, 0.25) is 0 Å². The molecule has 0 aliphatic rings. The predicted molar refractivity (Wildman–Crippen MR) is 87.7 cm³/mol. The van der Waals surface area contributed by atoms with E-state index in [0.717, 1.165) is 0 Å². The Morgan fingerprint density at radius 3 is 2.16 bits per heavy atom. The van der Waals surface area contributed by atoms with Gasteiger partial charge in [-0.3, -0.25) is 5.32 Å². The van der Waals surface area contributed by atoms with Crippen LogP contribution >= 0.6 is 11.6 Å². The molecule has 2 rings (SSSR count). The second kappa shape index (κ2) is 9.42. The molecule has 0 aliphatic carbocycles. The number of benzene rings is 2. The zero-order valence-electron chi connectivity index (χ0n) is 13.1. The standard InChI is InChI=1S/C18H16ClF3NO.W/c1-12(24)16(11-14-9-5-6-10-15(14)19)23-17(18(20,21)22)13-7-3-2-4-8-13;/h2-10,16-17,23H,1,11H2;/q-1;/t16-,17?;/m0./s1. The Hall–Kier alpha value is -1.29. The van der Waals surface area contributed by atoms with E-state index in [4.69, 9.17) is 11.6 Å². The first-order valence-corrected chi connectivity index (χ1v) is 7.63. The van der Waals surface area contributed by atoms with Crippen LogP contribution in [0.5, 0.6) is 0 Å². The number of hydrogen-bond acceptors (Lipinski definition) is 2. The zero-order valence-corrected chi connectivity index (χ0v) is 16.8. The van der Waals surface area contributed by atoms with Crippen molar-refractivity contribution in [3.05, 3.63) is 77.7 Å². The third kappa shape index (κ3) is 6.18. The van der Waals surface area contributed by atoms with Crippen molar-refractivity contribution in [3.8, 4) is 0 Å². The molecule has 0 heterocycles. The second-order valence-electron chi connectivity index (χ2n) is 5.37. The Kier molecular flexibility index (Phi) is 8.19. The molecule has 2 nitrogen and oxygen atoms in total. The van der Waals surface area contributed by atoms with Crippen molar-refractivity contribution in [2.75, 3.05) is 0 Å². The number of nitrogens with one attached hydrogen (secondary N) is 1. The number of carbonyl (C=O) groups is 1. The second-order valence-corrected chi connectivity index (χ2v) is 5.77. The van der Waals surface area contributed by atoms with Gasteiger partial charge in [-0.1, -0.05) is 60.1 Å². The summed E-state index contributed by atoms with van der Waals surface area (Å²) in [7, 11) is 0. The molecule has 0 aliphatic heterocycles. The van der Waals surface area contributed by atoms with Crippen molar-refractivity contribution in [2.24, 2.45) is 0 Å². The molecule has 2 aromatic rings. The number of ketones is 1. The van der Waals surface area contributed by atoms with Crippen molar-refractivity contribution >= 4 is 17.4 Å². The molecule has 2 aromatic carbocycles. The van der Waals surface area contributed by atoms with E-state index in [-0.39, 0.29) is 33.0 Å². The van der Waals surface area contributed by atoms with Crippen LogP contribution in [0.15, 0.2) is 54.6 Å². The summed E-state index contributed by atoms with van der Waals surface area (Å²) in [6.45, 7) is 3.28. The summed E-state index contributed by atoms with van der Waals surface area (Å²) < 4.78 is 40.3. The first-order chi connectivity index (χ1) is 11.3. The number of carbonyl (C=O) groups excluding carboxylic acids is 1. The fourth-order valence-electron chi connectivity index (χ4n) is 2.38. The third-order valence-electron chi connectivity index (χ3n) is 3.60. The predicted octanol–water partition coefficient (Wildman–Crippen LogP) is 4.54. The van der Waals surface area contributed by atoms with Crippen LogP contribution in [0.4, 0.5) is 13.2 Å². The van der Waals surface area contributed by atoms with Crippen LogP contribution in [0.2, 0.25) is 5.02 Å². The Morgan fingerprint density at radius 1 is 1.08 bits per heavy atom. The molecule has 25 heavy (non-hydrogen) atoms. The quantitative estimate of drug-likeness (QED) is 0.547. The Morgan fingerprint density at radius 2 is 1.64 bits per heavy atom. The van der Waals surface area contributed by atoms with E-state index >= 15 is 0 Å². The average molecular weight is 539 g/mol. The molecule has 0 aromatic heterocycles. The molecule has 2 atom stereocenters. The van der Waals surface area contributed by atoms with Crippen molar-refractivity contribution in [1.82, 2.24) is 5.32 Å². The summed E-state index contributed by atoms with van der Waals surface area (Å²) in [4.78, 5) is 11.8. The van der Waals surface area contributed by atoms with E-state index in [1.807, 2.05) is 0 Å². The van der Waals surface area contributed by atoms with Gasteiger partial charge in [0.05, 0.1) is 0 Å². The van der Waals surface area contributed by atoms with Crippen LogP contribution in [0.3, 0.4) is 0 Å². The summed E-state index contributed by atoms with van der Waals surface area (Å²) in [5, 5.41) is 2.79. The van der Waals surface area contributed by atoms with Crippen LogP contribution in [-0.4, -0.2) is 18.0 Å². The molecule has 1 N–H and O–H groups in total. The Labute approximate surface area is 164 Å². The fourth-order valence-corrected chi connectivity index (χ4v) is 2.59. The van der Waals surface area contributed by atoms with E-state index in [1.165, 1.54) is 24.3 Å². The molecule has 0 radical (unpaired) electrons. The molecule has 0 spiro atoms. The Bertz CT molecular complexity index is 694. The van der Waals surface area contributed by atoms with Crippen LogP contribution in [0.1, 0.15) is 17.2 Å². The molecule has 134 valence electrons. The summed E-state index contributed by atoms with van der Waals surface area (Å²) in [5.41, 5.74) is 0.623. The van der Waals surface area contributed by atoms with Gasteiger partial charge in [0.25, 0.3) is 0 Å². The number of hydrogen-bond donors (Lipinski definition) is 1. The molecule has 1 unspecified atom stereocenters. The van der Waals surface area contributed by atoms with Gasteiger partial charge in [0.1, 0.15) is 6.04 Å². The first-order valence-electron chi connectivity index (χ1n) is 7.26. The summed E-state index contributed by atoms with van der Waals surface area (Å²) >= 11 is 6.03. The van der Waals surface area contributed by atoms with E-state index in [1.54, 1.807) is 30.3 Å². The number of Topliss-reactive ketones (excluding diaryl/α,β-unsaturated/α-hetero) is 1. The van der Waals surface area contributed by atoms with Gasteiger partial charge in [-0.25, -0.2) is 0 Å². The molecule has 0 bridgehead atoms. The van der Waals surface area contributed by atoms with Gasteiger partial charge >= 0.3 is 6.18 Å².